The Morgan fingerprint density at radius 2 is 2.22 bits per heavy atom. The maximum absolute atomic E-state index is 12.4. The first-order chi connectivity index (χ1) is 8.66. The van der Waals surface area contributed by atoms with Crippen LogP contribution in [0.1, 0.15) is 6.92 Å². The quantitative estimate of drug-likeness (QED) is 0.836. The van der Waals surface area contributed by atoms with Gasteiger partial charge in [-0.3, -0.25) is 4.90 Å². The molecule has 0 spiro atoms. The molecule has 0 aromatic carbocycles. The van der Waals surface area contributed by atoms with Crippen molar-refractivity contribution in [3.63, 3.8) is 0 Å². The summed E-state index contributed by atoms with van der Waals surface area (Å²) in [6.45, 7) is 4.06. The fourth-order valence-corrected chi connectivity index (χ4v) is 2.38. The molecule has 1 atom stereocenters. The molecular formula is C12H16N4O2. The largest absolute Gasteiger partial charge is 0.384 e. The second kappa shape index (κ2) is 4.13. The number of amides is 2. The lowest BCUT2D eigenvalue weighted by Crippen LogP contribution is -2.50. The minimum absolute atomic E-state index is 0.0300. The molecule has 0 bridgehead atoms. The minimum Gasteiger partial charge on any atom is -0.384 e. The molecule has 3 rings (SSSR count). The molecule has 2 aliphatic heterocycles. The van der Waals surface area contributed by atoms with E-state index in [1.165, 1.54) is 0 Å². The molecular weight excluding hydrogens is 232 g/mol. The van der Waals surface area contributed by atoms with Crippen LogP contribution in [0.5, 0.6) is 0 Å². The van der Waals surface area contributed by atoms with E-state index in [9.17, 15) is 4.79 Å². The molecule has 2 saturated heterocycles. The van der Waals surface area contributed by atoms with Crippen LogP contribution >= 0.6 is 0 Å². The van der Waals surface area contributed by atoms with E-state index in [0.717, 1.165) is 12.2 Å². The van der Waals surface area contributed by atoms with Gasteiger partial charge in [-0.1, -0.05) is 0 Å². The number of rotatable bonds is 2. The van der Waals surface area contributed by atoms with Gasteiger partial charge in [0.25, 0.3) is 0 Å². The van der Waals surface area contributed by atoms with E-state index >= 15 is 0 Å². The third kappa shape index (κ3) is 1.69. The van der Waals surface area contributed by atoms with Gasteiger partial charge in [0.2, 0.25) is 0 Å². The van der Waals surface area contributed by atoms with Crippen LogP contribution in [0.2, 0.25) is 0 Å². The van der Waals surface area contributed by atoms with E-state index in [4.69, 9.17) is 10.5 Å². The number of anilines is 2. The lowest BCUT2D eigenvalue weighted by atomic mass is 10.2. The Bertz CT molecular complexity index is 458. The normalized spacial score (nSPS) is 24.5. The monoisotopic (exact) mass is 248 g/mol. The first kappa shape index (κ1) is 11.3. The number of ether oxygens (including phenoxy) is 1. The fraction of sp³-hybridized carbons (Fsp3) is 0.500. The molecule has 6 nitrogen and oxygen atoms in total. The molecule has 6 heteroatoms. The van der Waals surface area contributed by atoms with E-state index in [2.05, 4.69) is 4.98 Å². The van der Waals surface area contributed by atoms with Crippen LogP contribution < -0.4 is 10.6 Å². The van der Waals surface area contributed by atoms with Gasteiger partial charge in [-0.15, -0.1) is 0 Å². The van der Waals surface area contributed by atoms with E-state index in [1.54, 1.807) is 17.2 Å². The number of aromatic nitrogens is 1. The Labute approximate surface area is 105 Å². The van der Waals surface area contributed by atoms with Crippen LogP contribution in [0.15, 0.2) is 18.3 Å². The van der Waals surface area contributed by atoms with Crippen molar-refractivity contribution in [2.75, 3.05) is 30.4 Å². The van der Waals surface area contributed by atoms with Crippen molar-refractivity contribution in [3.05, 3.63) is 18.3 Å². The second-order valence-corrected chi connectivity index (χ2v) is 4.79. The standard InChI is InChI=1S/C12H16N4O2/c1-8-5-15(10-6-18-7-10)12(17)16(8)9-2-3-11(13)14-4-9/h2-4,8,10H,5-7H2,1H3,(H2,13,14)/t8-/m0/s1. The van der Waals surface area contributed by atoms with Crippen molar-refractivity contribution < 1.29 is 9.53 Å². The van der Waals surface area contributed by atoms with Crippen LogP contribution in [0.4, 0.5) is 16.3 Å². The molecule has 0 saturated carbocycles. The lowest BCUT2D eigenvalue weighted by Gasteiger charge is -2.34. The predicted molar refractivity (Wildman–Crippen MR) is 67.3 cm³/mol. The van der Waals surface area contributed by atoms with Crippen molar-refractivity contribution in [2.24, 2.45) is 0 Å². The van der Waals surface area contributed by atoms with Crippen molar-refractivity contribution in [1.82, 2.24) is 9.88 Å². The van der Waals surface area contributed by atoms with Gasteiger partial charge < -0.3 is 15.4 Å². The van der Waals surface area contributed by atoms with Crippen molar-refractivity contribution in [2.45, 2.75) is 19.0 Å². The van der Waals surface area contributed by atoms with Gasteiger partial charge in [0.05, 0.1) is 37.2 Å². The summed E-state index contributed by atoms with van der Waals surface area (Å²) in [5, 5.41) is 0. The Kier molecular flexibility index (Phi) is 2.59. The van der Waals surface area contributed by atoms with Gasteiger partial charge in [-0.2, -0.15) is 0 Å². The smallest absolute Gasteiger partial charge is 0.325 e. The Balaban J connectivity index is 1.83. The van der Waals surface area contributed by atoms with Crippen LogP contribution in [0.3, 0.4) is 0 Å². The number of carbonyl (C=O) groups excluding carboxylic acids is 1. The van der Waals surface area contributed by atoms with E-state index in [0.29, 0.717) is 19.0 Å². The molecule has 96 valence electrons. The van der Waals surface area contributed by atoms with Gasteiger partial charge in [0.1, 0.15) is 5.82 Å². The highest BCUT2D eigenvalue weighted by molar-refractivity contribution is 5.95. The number of nitrogens with zero attached hydrogens (tertiary/aromatic N) is 3. The lowest BCUT2D eigenvalue weighted by molar-refractivity contribution is -0.0441. The number of pyridine rings is 1. The fourth-order valence-electron chi connectivity index (χ4n) is 2.38. The van der Waals surface area contributed by atoms with Crippen LogP contribution in [-0.2, 0) is 4.74 Å². The zero-order valence-electron chi connectivity index (χ0n) is 10.2. The highest BCUT2D eigenvalue weighted by Crippen LogP contribution is 2.27. The number of nitrogen functional groups attached to an aromatic ring is 1. The Morgan fingerprint density at radius 3 is 2.78 bits per heavy atom. The van der Waals surface area contributed by atoms with E-state index in [1.807, 2.05) is 17.9 Å². The zero-order chi connectivity index (χ0) is 12.7. The molecule has 0 aliphatic carbocycles. The van der Waals surface area contributed by atoms with Gasteiger partial charge in [0, 0.05) is 6.54 Å². The molecule has 3 heterocycles. The number of nitrogens with two attached hydrogens (primary N) is 1. The van der Waals surface area contributed by atoms with Gasteiger partial charge in [-0.05, 0) is 19.1 Å². The maximum Gasteiger partial charge on any atom is 0.325 e. The number of carbonyl (C=O) groups is 1. The van der Waals surface area contributed by atoms with Gasteiger partial charge >= 0.3 is 6.03 Å². The third-order valence-electron chi connectivity index (χ3n) is 3.46. The number of urea groups is 1. The number of hydrogen-bond donors (Lipinski definition) is 1. The summed E-state index contributed by atoms with van der Waals surface area (Å²) in [4.78, 5) is 20.1. The van der Waals surface area contributed by atoms with Crippen molar-refractivity contribution in [3.8, 4) is 0 Å². The molecule has 0 unspecified atom stereocenters. The molecule has 2 N–H and O–H groups in total. The second-order valence-electron chi connectivity index (χ2n) is 4.79. The molecule has 2 fully saturated rings. The summed E-state index contributed by atoms with van der Waals surface area (Å²) < 4.78 is 5.15. The van der Waals surface area contributed by atoms with Crippen molar-refractivity contribution in [1.29, 1.82) is 0 Å². The molecule has 0 radical (unpaired) electrons. The molecule has 18 heavy (non-hydrogen) atoms. The molecule has 1 aromatic rings. The zero-order valence-corrected chi connectivity index (χ0v) is 10.2. The molecule has 2 amide bonds. The summed E-state index contributed by atoms with van der Waals surface area (Å²) in [7, 11) is 0. The van der Waals surface area contributed by atoms with Crippen LogP contribution in [-0.4, -0.2) is 47.8 Å². The predicted octanol–water partition coefficient (Wildman–Crippen LogP) is 0.693. The average molecular weight is 248 g/mol. The third-order valence-corrected chi connectivity index (χ3v) is 3.46. The van der Waals surface area contributed by atoms with Gasteiger partial charge in [0.15, 0.2) is 0 Å². The first-order valence-electron chi connectivity index (χ1n) is 6.06. The Hall–Kier alpha value is -1.82. The highest BCUT2D eigenvalue weighted by atomic mass is 16.5. The highest BCUT2D eigenvalue weighted by Gasteiger charge is 2.41. The summed E-state index contributed by atoms with van der Waals surface area (Å²) in [5.41, 5.74) is 6.36. The van der Waals surface area contributed by atoms with E-state index < -0.39 is 0 Å². The van der Waals surface area contributed by atoms with Crippen LogP contribution in [0.25, 0.3) is 0 Å². The Morgan fingerprint density at radius 1 is 1.44 bits per heavy atom. The molecule has 2 aliphatic rings. The topological polar surface area (TPSA) is 71.7 Å². The van der Waals surface area contributed by atoms with Crippen LogP contribution in [0, 0.1) is 0 Å². The van der Waals surface area contributed by atoms with E-state index in [-0.39, 0.29) is 18.1 Å². The summed E-state index contributed by atoms with van der Waals surface area (Å²) in [6.07, 6.45) is 1.64. The number of hydrogen-bond acceptors (Lipinski definition) is 4. The first-order valence-corrected chi connectivity index (χ1v) is 6.06. The average Bonchev–Trinajstić information content (AvgIpc) is 2.55. The van der Waals surface area contributed by atoms with Crippen molar-refractivity contribution >= 4 is 17.5 Å². The summed E-state index contributed by atoms with van der Waals surface area (Å²) in [5.74, 6) is 0.460. The van der Waals surface area contributed by atoms with Gasteiger partial charge in [-0.25, -0.2) is 9.78 Å². The molecule has 1 aromatic heterocycles. The minimum atomic E-state index is 0.0300. The summed E-state index contributed by atoms with van der Waals surface area (Å²) >= 11 is 0. The maximum atomic E-state index is 12.4. The summed E-state index contributed by atoms with van der Waals surface area (Å²) in [6, 6.07) is 3.94. The SMILES string of the molecule is C[C@H]1CN(C2COC2)C(=O)N1c1ccc(N)nc1.